The summed E-state index contributed by atoms with van der Waals surface area (Å²) in [6.07, 6.45) is -4.33. The number of nitrogens with one attached hydrogen (secondary N) is 1. The van der Waals surface area contributed by atoms with Gasteiger partial charge >= 0.3 is 12.4 Å². The van der Waals surface area contributed by atoms with Crippen LogP contribution in [0.3, 0.4) is 0 Å². The van der Waals surface area contributed by atoms with E-state index in [0.29, 0.717) is 29.8 Å². The van der Waals surface area contributed by atoms with Gasteiger partial charge in [-0.15, -0.1) is 0 Å². The van der Waals surface area contributed by atoms with Crippen molar-refractivity contribution in [2.75, 3.05) is 0 Å². The van der Waals surface area contributed by atoms with E-state index in [0.717, 1.165) is 31.5 Å². The lowest BCUT2D eigenvalue weighted by Crippen LogP contribution is -2.37. The monoisotopic (exact) mass is 406 g/mol. The van der Waals surface area contributed by atoms with E-state index in [-0.39, 0.29) is 6.04 Å². The summed E-state index contributed by atoms with van der Waals surface area (Å²) >= 11 is 0. The molecular formula is C17H16F6N4O. The van der Waals surface area contributed by atoms with Gasteiger partial charge in [-0.1, -0.05) is 19.3 Å². The maximum absolute atomic E-state index is 13.6. The second-order valence-corrected chi connectivity index (χ2v) is 6.53. The highest BCUT2D eigenvalue weighted by atomic mass is 19.4. The summed E-state index contributed by atoms with van der Waals surface area (Å²) < 4.78 is 79.0. The van der Waals surface area contributed by atoms with Gasteiger partial charge in [0, 0.05) is 12.2 Å². The fraction of sp³-hybridized carbons (Fsp3) is 0.471. The molecule has 11 heteroatoms. The van der Waals surface area contributed by atoms with Crippen LogP contribution in [-0.4, -0.2) is 26.7 Å². The summed E-state index contributed by atoms with van der Waals surface area (Å²) in [6, 6.07) is 1.16. The second-order valence-electron chi connectivity index (χ2n) is 6.53. The number of carbonyl (C=O) groups excluding carboxylic acids is 1. The van der Waals surface area contributed by atoms with E-state index in [1.165, 1.54) is 0 Å². The number of alkyl halides is 6. The van der Waals surface area contributed by atoms with Crippen molar-refractivity contribution in [1.82, 2.24) is 20.1 Å². The van der Waals surface area contributed by atoms with E-state index in [1.54, 1.807) is 0 Å². The number of hydrogen-bond acceptors (Lipinski definition) is 3. The smallest absolute Gasteiger partial charge is 0.349 e. The van der Waals surface area contributed by atoms with Crippen LogP contribution in [0.4, 0.5) is 26.3 Å². The Bertz CT molecular complexity index is 835. The van der Waals surface area contributed by atoms with Gasteiger partial charge in [-0.25, -0.2) is 9.67 Å². The summed E-state index contributed by atoms with van der Waals surface area (Å²) in [5.74, 6) is -1.39. The standard InChI is InChI=1S/C17H16F6N4O/c18-16(19,20)10-6-7-13(24-8-10)27-14(17(21,22)23)12(9-25-27)15(28)26-11-4-2-1-3-5-11/h6-9,11H,1-5H2,(H,26,28). The van der Waals surface area contributed by atoms with Crippen molar-refractivity contribution < 1.29 is 31.1 Å². The first-order valence-electron chi connectivity index (χ1n) is 8.57. The van der Waals surface area contributed by atoms with Crippen molar-refractivity contribution in [2.24, 2.45) is 0 Å². The average Bonchev–Trinajstić information content (AvgIpc) is 3.08. The zero-order valence-electron chi connectivity index (χ0n) is 14.4. The third kappa shape index (κ3) is 4.28. The van der Waals surface area contributed by atoms with Crippen LogP contribution in [0.25, 0.3) is 5.82 Å². The Morgan fingerprint density at radius 2 is 1.68 bits per heavy atom. The van der Waals surface area contributed by atoms with E-state index in [4.69, 9.17) is 0 Å². The van der Waals surface area contributed by atoms with E-state index in [1.807, 2.05) is 0 Å². The molecule has 0 saturated heterocycles. The van der Waals surface area contributed by atoms with E-state index in [9.17, 15) is 31.1 Å². The van der Waals surface area contributed by atoms with Gasteiger partial charge in [0.05, 0.1) is 17.3 Å². The third-order valence-corrected chi connectivity index (χ3v) is 4.51. The summed E-state index contributed by atoms with van der Waals surface area (Å²) in [5, 5.41) is 6.13. The van der Waals surface area contributed by atoms with Gasteiger partial charge in [0.25, 0.3) is 5.91 Å². The number of aromatic nitrogens is 3. The molecular weight excluding hydrogens is 390 g/mol. The van der Waals surface area contributed by atoms with Gasteiger partial charge in [-0.3, -0.25) is 4.79 Å². The number of amides is 1. The van der Waals surface area contributed by atoms with Crippen LogP contribution in [-0.2, 0) is 12.4 Å². The van der Waals surface area contributed by atoms with E-state index >= 15 is 0 Å². The average molecular weight is 406 g/mol. The molecule has 0 radical (unpaired) electrons. The molecule has 5 nitrogen and oxygen atoms in total. The lowest BCUT2D eigenvalue weighted by Gasteiger charge is -2.23. The Hall–Kier alpha value is -2.59. The molecule has 1 amide bonds. The third-order valence-electron chi connectivity index (χ3n) is 4.51. The Morgan fingerprint density at radius 3 is 2.21 bits per heavy atom. The largest absolute Gasteiger partial charge is 0.434 e. The SMILES string of the molecule is O=C(NC1CCCCC1)c1cnn(-c2ccc(C(F)(F)F)cn2)c1C(F)(F)F. The fourth-order valence-electron chi connectivity index (χ4n) is 3.15. The molecule has 0 aliphatic heterocycles. The second kappa shape index (κ2) is 7.44. The Labute approximate surface area is 155 Å². The Morgan fingerprint density at radius 1 is 1.00 bits per heavy atom. The van der Waals surface area contributed by atoms with Crippen molar-refractivity contribution in [1.29, 1.82) is 0 Å². The zero-order chi connectivity index (χ0) is 20.5. The molecule has 152 valence electrons. The molecule has 1 fully saturated rings. The molecule has 3 rings (SSSR count). The van der Waals surface area contributed by atoms with Crippen molar-refractivity contribution >= 4 is 5.91 Å². The van der Waals surface area contributed by atoms with E-state index in [2.05, 4.69) is 15.4 Å². The molecule has 1 aliphatic carbocycles. The summed E-state index contributed by atoms with van der Waals surface area (Å²) in [7, 11) is 0. The van der Waals surface area contributed by atoms with Gasteiger partial charge in [-0.2, -0.15) is 31.4 Å². The minimum Gasteiger partial charge on any atom is -0.349 e. The minimum atomic E-state index is -4.96. The van der Waals surface area contributed by atoms with Crippen molar-refractivity contribution in [3.63, 3.8) is 0 Å². The quantitative estimate of drug-likeness (QED) is 0.771. The van der Waals surface area contributed by atoms with Crippen molar-refractivity contribution in [3.05, 3.63) is 41.3 Å². The number of pyridine rings is 1. The first-order chi connectivity index (χ1) is 13.1. The van der Waals surface area contributed by atoms with Crippen LogP contribution >= 0.6 is 0 Å². The minimum absolute atomic E-state index is 0.213. The normalized spacial score (nSPS) is 16.2. The molecule has 1 aliphatic rings. The molecule has 28 heavy (non-hydrogen) atoms. The maximum Gasteiger partial charge on any atom is 0.434 e. The molecule has 1 N–H and O–H groups in total. The molecule has 0 aromatic carbocycles. The predicted molar refractivity (Wildman–Crippen MR) is 85.7 cm³/mol. The summed E-state index contributed by atoms with van der Waals surface area (Å²) in [6.45, 7) is 0. The fourth-order valence-corrected chi connectivity index (χ4v) is 3.15. The molecule has 2 aromatic rings. The van der Waals surface area contributed by atoms with Crippen molar-refractivity contribution in [3.8, 4) is 5.82 Å². The van der Waals surface area contributed by atoms with Gasteiger partial charge in [0.2, 0.25) is 0 Å². The number of halogens is 6. The van der Waals surface area contributed by atoms with Gasteiger partial charge in [0.1, 0.15) is 0 Å². The molecule has 0 unspecified atom stereocenters. The lowest BCUT2D eigenvalue weighted by molar-refractivity contribution is -0.143. The highest BCUT2D eigenvalue weighted by Gasteiger charge is 2.41. The molecule has 0 bridgehead atoms. The number of hydrogen-bond donors (Lipinski definition) is 1. The topological polar surface area (TPSA) is 59.8 Å². The van der Waals surface area contributed by atoms with Crippen LogP contribution in [0.1, 0.15) is 53.7 Å². The molecule has 2 aromatic heterocycles. The molecule has 1 saturated carbocycles. The number of rotatable bonds is 3. The van der Waals surface area contributed by atoms with Crippen LogP contribution in [0.15, 0.2) is 24.5 Å². The first-order valence-corrected chi connectivity index (χ1v) is 8.57. The Kier molecular flexibility index (Phi) is 5.35. The maximum atomic E-state index is 13.6. The van der Waals surface area contributed by atoms with E-state index < -0.39 is 40.9 Å². The summed E-state index contributed by atoms with van der Waals surface area (Å²) in [4.78, 5) is 15.8. The van der Waals surface area contributed by atoms with Crippen LogP contribution in [0, 0.1) is 0 Å². The zero-order valence-corrected chi connectivity index (χ0v) is 14.4. The Balaban J connectivity index is 1.93. The predicted octanol–water partition coefficient (Wildman–Crippen LogP) is 4.37. The van der Waals surface area contributed by atoms with Gasteiger partial charge < -0.3 is 5.32 Å². The number of carbonyl (C=O) groups is 1. The van der Waals surface area contributed by atoms with Gasteiger partial charge in [-0.05, 0) is 25.0 Å². The number of nitrogens with zero attached hydrogens (tertiary/aromatic N) is 3. The molecule has 0 atom stereocenters. The lowest BCUT2D eigenvalue weighted by atomic mass is 9.95. The highest BCUT2D eigenvalue weighted by Crippen LogP contribution is 2.34. The molecule has 2 heterocycles. The van der Waals surface area contributed by atoms with Crippen LogP contribution in [0.5, 0.6) is 0 Å². The van der Waals surface area contributed by atoms with Crippen molar-refractivity contribution in [2.45, 2.75) is 50.5 Å². The first kappa shape index (κ1) is 20.2. The van der Waals surface area contributed by atoms with Crippen LogP contribution < -0.4 is 5.32 Å². The van der Waals surface area contributed by atoms with Gasteiger partial charge in [0.15, 0.2) is 11.5 Å². The van der Waals surface area contributed by atoms with Crippen LogP contribution in [0.2, 0.25) is 0 Å². The summed E-state index contributed by atoms with van der Waals surface area (Å²) in [5.41, 5.74) is -3.18. The highest BCUT2D eigenvalue weighted by molar-refractivity contribution is 5.95. The molecule has 0 spiro atoms.